The number of aliphatic hydroxyl groups excluding tert-OH is 1. The maximum Gasteiger partial charge on any atom is 0.225 e. The van der Waals surface area contributed by atoms with Crippen LogP contribution in [0.15, 0.2) is 30.3 Å². The summed E-state index contributed by atoms with van der Waals surface area (Å²) in [6.45, 7) is 7.54. The van der Waals surface area contributed by atoms with Gasteiger partial charge < -0.3 is 34.3 Å². The van der Waals surface area contributed by atoms with Gasteiger partial charge in [-0.3, -0.25) is 4.90 Å². The lowest BCUT2D eigenvalue weighted by Gasteiger charge is -2.33. The summed E-state index contributed by atoms with van der Waals surface area (Å²) in [5.41, 5.74) is 2.04. The van der Waals surface area contributed by atoms with E-state index in [2.05, 4.69) is 27.2 Å². The number of likely N-dealkylation sites (tertiary alicyclic amines) is 1. The van der Waals surface area contributed by atoms with Gasteiger partial charge in [0.2, 0.25) is 5.95 Å². The van der Waals surface area contributed by atoms with Gasteiger partial charge in [0.1, 0.15) is 12.4 Å². The Hall–Kier alpha value is -3.50. The molecule has 0 spiro atoms. The molecule has 0 amide bonds. The number of aromatic nitrogens is 2. The predicted octanol–water partition coefficient (Wildman–Crippen LogP) is 4.48. The molecule has 0 aliphatic carbocycles. The van der Waals surface area contributed by atoms with E-state index in [-0.39, 0.29) is 13.2 Å². The van der Waals surface area contributed by atoms with Crippen molar-refractivity contribution in [3.63, 3.8) is 0 Å². The van der Waals surface area contributed by atoms with Gasteiger partial charge in [0.25, 0.3) is 0 Å². The second-order valence-electron chi connectivity index (χ2n) is 10.6. The number of nitrogens with zero attached hydrogens (tertiary/aromatic N) is 4. The molecule has 2 saturated heterocycles. The first kappa shape index (κ1) is 29.0. The van der Waals surface area contributed by atoms with E-state index < -0.39 is 0 Å². The van der Waals surface area contributed by atoms with Crippen molar-refractivity contribution < 1.29 is 24.1 Å². The van der Waals surface area contributed by atoms with E-state index >= 15 is 0 Å². The summed E-state index contributed by atoms with van der Waals surface area (Å²) in [5.74, 6) is 4.39. The maximum atomic E-state index is 9.10. The second kappa shape index (κ2) is 13.9. The van der Waals surface area contributed by atoms with E-state index in [1.165, 1.54) is 24.8 Å². The molecule has 222 valence electrons. The number of benzene rings is 2. The third kappa shape index (κ3) is 7.05. The third-order valence-electron chi connectivity index (χ3n) is 7.82. The monoisotopic (exact) mass is 565 g/mol. The van der Waals surface area contributed by atoms with Gasteiger partial charge in [-0.05, 0) is 62.8 Å². The van der Waals surface area contributed by atoms with Crippen LogP contribution in [0, 0.1) is 0 Å². The molecule has 5 rings (SSSR count). The molecule has 2 aromatic carbocycles. The van der Waals surface area contributed by atoms with Crippen LogP contribution in [0.1, 0.15) is 44.6 Å². The van der Waals surface area contributed by atoms with Crippen molar-refractivity contribution in [2.75, 3.05) is 70.4 Å². The summed E-state index contributed by atoms with van der Waals surface area (Å²) in [6.07, 6.45) is 5.61. The van der Waals surface area contributed by atoms with Gasteiger partial charge in [-0.2, -0.15) is 4.98 Å². The lowest BCUT2D eigenvalue weighted by atomic mass is 10.0. The zero-order chi connectivity index (χ0) is 28.6. The molecule has 10 heteroatoms. The maximum absolute atomic E-state index is 9.10. The van der Waals surface area contributed by atoms with Crippen molar-refractivity contribution in [2.45, 2.75) is 51.6 Å². The summed E-state index contributed by atoms with van der Waals surface area (Å²) >= 11 is 0. The van der Waals surface area contributed by atoms with Crippen molar-refractivity contribution in [1.29, 1.82) is 0 Å². The van der Waals surface area contributed by atoms with E-state index in [0.29, 0.717) is 35.8 Å². The highest BCUT2D eigenvalue weighted by atomic mass is 16.5. The first-order valence-electron chi connectivity index (χ1n) is 14.8. The van der Waals surface area contributed by atoms with E-state index in [1.54, 1.807) is 14.2 Å². The number of methoxy groups -OCH3 is 2. The molecule has 10 nitrogen and oxygen atoms in total. The molecule has 0 atom stereocenters. The lowest BCUT2D eigenvalue weighted by Crippen LogP contribution is -2.39. The molecule has 1 aromatic heterocycles. The van der Waals surface area contributed by atoms with Crippen LogP contribution in [-0.4, -0.2) is 86.2 Å². The minimum absolute atomic E-state index is 0.0248. The fraction of sp³-hybridized carbons (Fsp3) is 0.548. The van der Waals surface area contributed by atoms with Crippen LogP contribution in [0.25, 0.3) is 10.9 Å². The van der Waals surface area contributed by atoms with Crippen molar-refractivity contribution >= 4 is 22.7 Å². The van der Waals surface area contributed by atoms with E-state index in [9.17, 15) is 0 Å². The largest absolute Gasteiger partial charge is 0.493 e. The Labute approximate surface area is 242 Å². The SMILES string of the molecule is CCOc1cc(CN2CCC(Nc3nc(N4CCCCC4)c4cc(OC)c(OC)cc4n3)CC2)ccc1OCCO. The molecular weight excluding hydrogens is 522 g/mol. The molecule has 3 aromatic rings. The number of rotatable bonds is 12. The number of ether oxygens (including phenoxy) is 4. The molecule has 0 bridgehead atoms. The number of piperidine rings is 2. The van der Waals surface area contributed by atoms with Crippen LogP contribution in [0.3, 0.4) is 0 Å². The first-order chi connectivity index (χ1) is 20.1. The van der Waals surface area contributed by atoms with Crippen molar-refractivity contribution in [2.24, 2.45) is 0 Å². The zero-order valence-corrected chi connectivity index (χ0v) is 24.5. The van der Waals surface area contributed by atoms with Crippen LogP contribution < -0.4 is 29.2 Å². The fourth-order valence-electron chi connectivity index (χ4n) is 5.72. The summed E-state index contributed by atoms with van der Waals surface area (Å²) in [4.78, 5) is 14.8. The van der Waals surface area contributed by atoms with Gasteiger partial charge in [0.15, 0.2) is 23.0 Å². The van der Waals surface area contributed by atoms with E-state index in [4.69, 9.17) is 34.0 Å². The molecule has 2 fully saturated rings. The Morgan fingerprint density at radius 2 is 1.63 bits per heavy atom. The molecule has 2 aliphatic rings. The van der Waals surface area contributed by atoms with Gasteiger partial charge in [-0.25, -0.2) is 4.98 Å². The number of anilines is 2. The number of aliphatic hydroxyl groups is 1. The first-order valence-corrected chi connectivity index (χ1v) is 14.8. The average molecular weight is 566 g/mol. The smallest absolute Gasteiger partial charge is 0.225 e. The van der Waals surface area contributed by atoms with Crippen LogP contribution in [0.4, 0.5) is 11.8 Å². The molecule has 41 heavy (non-hydrogen) atoms. The third-order valence-corrected chi connectivity index (χ3v) is 7.82. The Kier molecular flexibility index (Phi) is 9.84. The Bertz CT molecular complexity index is 1290. The highest BCUT2D eigenvalue weighted by Crippen LogP contribution is 2.37. The summed E-state index contributed by atoms with van der Waals surface area (Å²) in [5, 5.41) is 13.7. The summed E-state index contributed by atoms with van der Waals surface area (Å²) in [6, 6.07) is 10.3. The standard InChI is InChI=1S/C31H43N5O5/c1-4-40-29-18-22(8-9-26(29)41-17-16-37)21-35-14-10-23(11-15-35)32-31-33-25-20-28(39-3)27(38-2)19-24(25)30(34-31)36-12-6-5-7-13-36/h8-9,18-20,23,37H,4-7,10-17,21H2,1-3H3,(H,32,33,34). The van der Waals surface area contributed by atoms with Gasteiger partial charge in [0, 0.05) is 50.2 Å². The number of nitrogens with one attached hydrogen (secondary N) is 1. The molecule has 2 N–H and O–H groups in total. The van der Waals surface area contributed by atoms with E-state index in [0.717, 1.165) is 68.0 Å². The van der Waals surface area contributed by atoms with Crippen molar-refractivity contribution in [1.82, 2.24) is 14.9 Å². The van der Waals surface area contributed by atoms with Crippen LogP contribution in [-0.2, 0) is 6.54 Å². The second-order valence-corrected chi connectivity index (χ2v) is 10.6. The molecule has 3 heterocycles. The predicted molar refractivity (Wildman–Crippen MR) is 161 cm³/mol. The fourth-order valence-corrected chi connectivity index (χ4v) is 5.72. The van der Waals surface area contributed by atoms with Crippen LogP contribution >= 0.6 is 0 Å². The highest BCUT2D eigenvalue weighted by Gasteiger charge is 2.23. The Morgan fingerprint density at radius 1 is 0.878 bits per heavy atom. The van der Waals surface area contributed by atoms with Gasteiger partial charge in [-0.15, -0.1) is 0 Å². The quantitative estimate of drug-likeness (QED) is 0.327. The average Bonchev–Trinajstić information content (AvgIpc) is 3.01. The molecule has 2 aliphatic heterocycles. The number of hydrogen-bond donors (Lipinski definition) is 2. The minimum atomic E-state index is -0.0248. The summed E-state index contributed by atoms with van der Waals surface area (Å²) in [7, 11) is 3.31. The topological polar surface area (TPSA) is 101 Å². The zero-order valence-electron chi connectivity index (χ0n) is 24.5. The van der Waals surface area contributed by atoms with Gasteiger partial charge >= 0.3 is 0 Å². The molecular formula is C31H43N5O5. The normalized spacial score (nSPS) is 16.5. The van der Waals surface area contributed by atoms with Gasteiger partial charge in [-0.1, -0.05) is 6.07 Å². The van der Waals surface area contributed by atoms with Crippen LogP contribution in [0.2, 0.25) is 0 Å². The Balaban J connectivity index is 1.27. The highest BCUT2D eigenvalue weighted by molar-refractivity contribution is 5.93. The molecule has 0 unspecified atom stereocenters. The van der Waals surface area contributed by atoms with Crippen molar-refractivity contribution in [3.05, 3.63) is 35.9 Å². The van der Waals surface area contributed by atoms with Crippen LogP contribution in [0.5, 0.6) is 23.0 Å². The van der Waals surface area contributed by atoms with Gasteiger partial charge in [0.05, 0.1) is 33.0 Å². The summed E-state index contributed by atoms with van der Waals surface area (Å²) < 4.78 is 22.6. The number of fused-ring (bicyclic) bond motifs is 1. The minimum Gasteiger partial charge on any atom is -0.493 e. The molecule has 0 radical (unpaired) electrons. The lowest BCUT2D eigenvalue weighted by molar-refractivity contribution is 0.193. The Morgan fingerprint density at radius 3 is 2.34 bits per heavy atom. The number of hydrogen-bond acceptors (Lipinski definition) is 10. The van der Waals surface area contributed by atoms with Crippen molar-refractivity contribution in [3.8, 4) is 23.0 Å². The molecule has 0 saturated carbocycles. The van der Waals surface area contributed by atoms with E-state index in [1.807, 2.05) is 25.1 Å².